The molecule has 0 aromatic heterocycles. The predicted molar refractivity (Wildman–Crippen MR) is 111 cm³/mol. The number of fused-ring (bicyclic) bond motifs is 1. The lowest BCUT2D eigenvalue weighted by atomic mass is 10.0. The summed E-state index contributed by atoms with van der Waals surface area (Å²) in [6.07, 6.45) is -0.311. The molecule has 1 atom stereocenters. The van der Waals surface area contributed by atoms with Gasteiger partial charge in [-0.3, -0.25) is 10.2 Å². The van der Waals surface area contributed by atoms with E-state index in [1.807, 2.05) is 42.5 Å². The van der Waals surface area contributed by atoms with Crippen LogP contribution in [-0.2, 0) is 19.4 Å². The minimum atomic E-state index is -3.47. The lowest BCUT2D eigenvalue weighted by molar-refractivity contribution is -0.117. The monoisotopic (exact) mass is 413 g/mol. The number of amidine groups is 1. The van der Waals surface area contributed by atoms with Crippen LogP contribution in [0.25, 0.3) is 0 Å². The molecule has 4 N–H and O–H groups in total. The van der Waals surface area contributed by atoms with Gasteiger partial charge >= 0.3 is 0 Å². The largest absolute Gasteiger partial charge is 0.411 e. The third-order valence-corrected chi connectivity index (χ3v) is 4.63. The Hall–Kier alpha value is -3.53. The van der Waals surface area contributed by atoms with Gasteiger partial charge in [0.2, 0.25) is 12.1 Å². The number of para-hydroxylation sites is 1. The highest BCUT2D eigenvalue weighted by atomic mass is 32.2. The molecule has 0 spiro atoms. The number of hydrogen-bond acceptors (Lipinski definition) is 7. The summed E-state index contributed by atoms with van der Waals surface area (Å²) in [4.78, 5) is 21.0. The first-order chi connectivity index (χ1) is 13.7. The van der Waals surface area contributed by atoms with Gasteiger partial charge in [0, 0.05) is 17.4 Å². The number of carbonyl (C=O) groups is 1. The van der Waals surface area contributed by atoms with Crippen molar-refractivity contribution in [3.05, 3.63) is 65.7 Å². The van der Waals surface area contributed by atoms with Crippen molar-refractivity contribution in [3.63, 3.8) is 0 Å². The summed E-state index contributed by atoms with van der Waals surface area (Å²) in [7, 11) is -3.47. The van der Waals surface area contributed by atoms with E-state index in [1.54, 1.807) is 12.1 Å². The van der Waals surface area contributed by atoms with Gasteiger partial charge in [-0.2, -0.15) is 4.99 Å². The number of hydrogen-bond donors (Lipinski definition) is 3. The van der Waals surface area contributed by atoms with E-state index >= 15 is 0 Å². The van der Waals surface area contributed by atoms with Gasteiger partial charge in [0.15, 0.2) is 9.84 Å². The zero-order valence-corrected chi connectivity index (χ0v) is 16.3. The first-order valence-electron chi connectivity index (χ1n) is 8.53. The molecule has 0 aliphatic carbocycles. The number of nitrogens with two attached hydrogens (primary N) is 1. The lowest BCUT2D eigenvalue weighted by Gasteiger charge is -2.09. The van der Waals surface area contributed by atoms with Gasteiger partial charge in [-0.25, -0.2) is 13.4 Å². The summed E-state index contributed by atoms with van der Waals surface area (Å²) >= 11 is 0. The first kappa shape index (κ1) is 20.2. The maximum Gasteiger partial charge on any atom is 0.291 e. The molecule has 0 fully saturated rings. The van der Waals surface area contributed by atoms with Crippen LogP contribution >= 0.6 is 0 Å². The molecule has 0 saturated carbocycles. The summed E-state index contributed by atoms with van der Waals surface area (Å²) in [5, 5.41) is 10.3. The summed E-state index contributed by atoms with van der Waals surface area (Å²) < 4.78 is 27.4. The number of amides is 1. The molecule has 0 radical (unpaired) electrons. The van der Waals surface area contributed by atoms with Crippen LogP contribution in [0.3, 0.4) is 0 Å². The molecule has 1 amide bonds. The molecule has 0 saturated heterocycles. The van der Waals surface area contributed by atoms with Gasteiger partial charge in [0.25, 0.3) is 11.9 Å². The first-order valence-corrected chi connectivity index (χ1v) is 10.6. The van der Waals surface area contributed by atoms with Crippen LogP contribution in [0, 0.1) is 5.41 Å². The number of benzene rings is 2. The van der Waals surface area contributed by atoms with Gasteiger partial charge in [-0.15, -0.1) is 0 Å². The summed E-state index contributed by atoms with van der Waals surface area (Å²) in [5.74, 6) is -1.77. The number of aliphatic imine (C=N–C) groups is 2. The van der Waals surface area contributed by atoms with Crippen molar-refractivity contribution < 1.29 is 17.9 Å². The molecule has 2 aromatic carbocycles. The Kier molecular flexibility index (Phi) is 5.74. The van der Waals surface area contributed by atoms with Gasteiger partial charge in [0.05, 0.1) is 11.4 Å². The number of ether oxygens (including phenoxy) is 1. The molecule has 3 rings (SSSR count). The second kappa shape index (κ2) is 8.23. The Bertz CT molecular complexity index is 1110. The third kappa shape index (κ3) is 5.26. The van der Waals surface area contributed by atoms with Crippen LogP contribution in [0.1, 0.15) is 11.1 Å². The minimum Gasteiger partial charge on any atom is -0.411 e. The van der Waals surface area contributed by atoms with Crippen LogP contribution in [0.15, 0.2) is 64.6 Å². The zero-order valence-electron chi connectivity index (χ0n) is 15.5. The van der Waals surface area contributed by atoms with Crippen molar-refractivity contribution in [1.82, 2.24) is 0 Å². The number of anilines is 1. The van der Waals surface area contributed by atoms with E-state index in [0.717, 1.165) is 11.8 Å². The standard InChI is InChI=1S/C19H19N5O4S/c1-29(26,27)11-15(20)28-19(21)24-17-18(25)22-14-10-6-5-9-13(14)16(23-17)12-7-3-2-4-8-12/h2-10,17,20H,11H2,1H3,(H2,21,24)(H,22,25). The van der Waals surface area contributed by atoms with Crippen molar-refractivity contribution in [2.45, 2.75) is 6.17 Å². The second-order valence-corrected chi connectivity index (χ2v) is 8.46. The topological polar surface area (TPSA) is 147 Å². The Morgan fingerprint density at radius 3 is 2.55 bits per heavy atom. The highest BCUT2D eigenvalue weighted by Crippen LogP contribution is 2.24. The number of rotatable bonds is 4. The normalized spacial score (nSPS) is 16.9. The van der Waals surface area contributed by atoms with E-state index in [-0.39, 0.29) is 0 Å². The predicted octanol–water partition coefficient (Wildman–Crippen LogP) is 1.16. The highest BCUT2D eigenvalue weighted by Gasteiger charge is 2.26. The van der Waals surface area contributed by atoms with E-state index in [0.29, 0.717) is 17.0 Å². The second-order valence-electron chi connectivity index (χ2n) is 6.31. The van der Waals surface area contributed by atoms with Crippen molar-refractivity contribution in [1.29, 1.82) is 5.41 Å². The molecule has 1 unspecified atom stereocenters. The van der Waals surface area contributed by atoms with Crippen LogP contribution < -0.4 is 11.1 Å². The summed E-state index contributed by atoms with van der Waals surface area (Å²) in [6, 6.07) is 15.9. The van der Waals surface area contributed by atoms with Crippen LogP contribution in [0.5, 0.6) is 0 Å². The summed E-state index contributed by atoms with van der Waals surface area (Å²) in [6.45, 7) is 0. The van der Waals surface area contributed by atoms with Crippen molar-refractivity contribution in [3.8, 4) is 0 Å². The Morgan fingerprint density at radius 2 is 1.86 bits per heavy atom. The van der Waals surface area contributed by atoms with Gasteiger partial charge in [-0.05, 0) is 6.07 Å². The molecule has 29 heavy (non-hydrogen) atoms. The summed E-state index contributed by atoms with van der Waals surface area (Å²) in [5.41, 5.74) is 8.27. The van der Waals surface area contributed by atoms with Gasteiger partial charge < -0.3 is 15.8 Å². The van der Waals surface area contributed by atoms with Gasteiger partial charge in [-0.1, -0.05) is 48.5 Å². The molecule has 10 heteroatoms. The van der Waals surface area contributed by atoms with E-state index in [9.17, 15) is 13.2 Å². The SMILES string of the molecule is CS(=O)(=O)CC(=N)OC(N)=NC1N=C(c2ccccc2)c2ccccc2NC1=O. The van der Waals surface area contributed by atoms with Crippen molar-refractivity contribution in [2.75, 3.05) is 17.3 Å². The van der Waals surface area contributed by atoms with Crippen molar-refractivity contribution >= 4 is 39.1 Å². The van der Waals surface area contributed by atoms with E-state index < -0.39 is 39.6 Å². The number of sulfone groups is 1. The number of benzodiazepines with no additional fused rings is 1. The molecule has 1 heterocycles. The molecule has 2 aromatic rings. The average Bonchev–Trinajstić information content (AvgIpc) is 2.77. The number of nitrogens with zero attached hydrogens (tertiary/aromatic N) is 2. The third-order valence-electron chi connectivity index (χ3n) is 3.84. The van der Waals surface area contributed by atoms with Crippen LogP contribution in [-0.4, -0.2) is 50.1 Å². The molecule has 1 aliphatic heterocycles. The fourth-order valence-corrected chi connectivity index (χ4v) is 3.24. The fourth-order valence-electron chi connectivity index (χ4n) is 2.70. The van der Waals surface area contributed by atoms with Crippen LogP contribution in [0.2, 0.25) is 0 Å². The van der Waals surface area contributed by atoms with E-state index in [2.05, 4.69) is 15.3 Å². The van der Waals surface area contributed by atoms with Crippen molar-refractivity contribution in [2.24, 2.45) is 15.7 Å². The molecule has 150 valence electrons. The lowest BCUT2D eigenvalue weighted by Crippen LogP contribution is -2.30. The molecular weight excluding hydrogens is 394 g/mol. The minimum absolute atomic E-state index is 0.527. The van der Waals surface area contributed by atoms with Crippen LogP contribution in [0.4, 0.5) is 5.69 Å². The highest BCUT2D eigenvalue weighted by molar-refractivity contribution is 7.91. The Balaban J connectivity index is 1.97. The number of nitrogens with one attached hydrogen (secondary N) is 2. The fraction of sp³-hybridized carbons (Fsp3) is 0.158. The van der Waals surface area contributed by atoms with E-state index in [4.69, 9.17) is 15.9 Å². The van der Waals surface area contributed by atoms with Gasteiger partial charge in [0.1, 0.15) is 5.75 Å². The molecular formula is C19H19N5O4S. The smallest absolute Gasteiger partial charge is 0.291 e. The maximum absolute atomic E-state index is 12.6. The maximum atomic E-state index is 12.6. The molecule has 0 bridgehead atoms. The zero-order chi connectivity index (χ0) is 21.0. The quantitative estimate of drug-likeness (QED) is 0.508. The molecule has 1 aliphatic rings. The Labute approximate surface area is 167 Å². The number of carbonyl (C=O) groups excluding carboxylic acids is 1. The molecule has 9 nitrogen and oxygen atoms in total. The van der Waals surface area contributed by atoms with E-state index in [1.165, 1.54) is 0 Å². The Morgan fingerprint density at radius 1 is 1.21 bits per heavy atom. The average molecular weight is 413 g/mol.